The molecule has 1 heterocycles. The van der Waals surface area contributed by atoms with Crippen molar-refractivity contribution in [1.29, 1.82) is 5.26 Å². The predicted octanol–water partition coefficient (Wildman–Crippen LogP) is 1.65. The molecule has 0 spiro atoms. The van der Waals surface area contributed by atoms with Gasteiger partial charge in [-0.05, 0) is 25.0 Å². The minimum Gasteiger partial charge on any atom is -0.495 e. The minimum absolute atomic E-state index is 0.253. The van der Waals surface area contributed by atoms with Gasteiger partial charge in [-0.1, -0.05) is 6.07 Å². The van der Waals surface area contributed by atoms with Gasteiger partial charge in [0.05, 0.1) is 12.7 Å². The standard InChI is InChI=1S/C14H15N3O4/c1-21-11-6-2-4-9(8-15)12(11)16-14(20)17-7-3-5-10(17)13(18)19/h2,4,6,10H,3,5,7H2,1H3,(H,16,20)(H,18,19)/t10-/m0/s1. The van der Waals surface area contributed by atoms with Crippen LogP contribution < -0.4 is 10.1 Å². The molecule has 1 atom stereocenters. The number of rotatable bonds is 3. The number of nitriles is 1. The molecule has 1 aromatic carbocycles. The van der Waals surface area contributed by atoms with E-state index in [1.54, 1.807) is 18.2 Å². The number of urea groups is 1. The van der Waals surface area contributed by atoms with E-state index in [0.29, 0.717) is 25.1 Å². The lowest BCUT2D eigenvalue weighted by Crippen LogP contribution is -2.42. The number of carboxylic acid groups (broad SMARTS) is 1. The molecule has 1 aliphatic heterocycles. The van der Waals surface area contributed by atoms with Crippen LogP contribution in [-0.2, 0) is 4.79 Å². The van der Waals surface area contributed by atoms with Crippen LogP contribution in [-0.4, -0.2) is 41.7 Å². The Kier molecular flexibility index (Phi) is 4.28. The number of carbonyl (C=O) groups excluding carboxylic acids is 1. The van der Waals surface area contributed by atoms with E-state index in [1.165, 1.54) is 12.0 Å². The lowest BCUT2D eigenvalue weighted by molar-refractivity contribution is -0.141. The Hall–Kier alpha value is -2.75. The molecule has 0 bridgehead atoms. The van der Waals surface area contributed by atoms with Gasteiger partial charge in [0.1, 0.15) is 23.5 Å². The number of likely N-dealkylation sites (tertiary alicyclic amines) is 1. The highest BCUT2D eigenvalue weighted by Gasteiger charge is 2.34. The number of aliphatic carboxylic acids is 1. The minimum atomic E-state index is -1.02. The van der Waals surface area contributed by atoms with Crippen molar-refractivity contribution in [2.75, 3.05) is 19.0 Å². The summed E-state index contributed by atoms with van der Waals surface area (Å²) in [6.07, 6.45) is 1.07. The van der Waals surface area contributed by atoms with Gasteiger partial charge in [0.2, 0.25) is 0 Å². The molecule has 0 aromatic heterocycles. The first kappa shape index (κ1) is 14.7. The molecule has 110 valence electrons. The summed E-state index contributed by atoms with van der Waals surface area (Å²) in [5.74, 6) is -0.670. The van der Waals surface area contributed by atoms with Crippen LogP contribution in [0.1, 0.15) is 18.4 Å². The van der Waals surface area contributed by atoms with Crippen LogP contribution in [0.5, 0.6) is 5.75 Å². The van der Waals surface area contributed by atoms with Crippen molar-refractivity contribution in [2.24, 2.45) is 0 Å². The molecule has 1 aliphatic rings. The number of carbonyl (C=O) groups is 2. The second-order valence-corrected chi connectivity index (χ2v) is 4.61. The van der Waals surface area contributed by atoms with Gasteiger partial charge in [-0.2, -0.15) is 5.26 Å². The molecule has 0 unspecified atom stereocenters. The fourth-order valence-electron chi connectivity index (χ4n) is 2.37. The smallest absolute Gasteiger partial charge is 0.326 e. The van der Waals surface area contributed by atoms with E-state index in [4.69, 9.17) is 15.1 Å². The average Bonchev–Trinajstić information content (AvgIpc) is 2.97. The first-order chi connectivity index (χ1) is 10.1. The Balaban J connectivity index is 2.24. The van der Waals surface area contributed by atoms with E-state index in [9.17, 15) is 9.59 Å². The van der Waals surface area contributed by atoms with Gasteiger partial charge in [-0.15, -0.1) is 0 Å². The normalized spacial score (nSPS) is 17.1. The molecule has 1 fully saturated rings. The first-order valence-electron chi connectivity index (χ1n) is 6.46. The molecule has 2 amide bonds. The zero-order valence-electron chi connectivity index (χ0n) is 11.5. The van der Waals surface area contributed by atoms with Crippen LogP contribution in [0.4, 0.5) is 10.5 Å². The van der Waals surface area contributed by atoms with Crippen molar-refractivity contribution in [1.82, 2.24) is 4.90 Å². The van der Waals surface area contributed by atoms with Gasteiger partial charge in [0, 0.05) is 6.54 Å². The molecule has 2 N–H and O–H groups in total. The molecule has 7 nitrogen and oxygen atoms in total. The molecule has 2 rings (SSSR count). The summed E-state index contributed by atoms with van der Waals surface area (Å²) in [7, 11) is 1.43. The van der Waals surface area contributed by atoms with Crippen molar-refractivity contribution in [3.63, 3.8) is 0 Å². The van der Waals surface area contributed by atoms with Crippen LogP contribution in [0, 0.1) is 11.3 Å². The summed E-state index contributed by atoms with van der Waals surface area (Å²) in [6, 6.07) is 5.42. The van der Waals surface area contributed by atoms with Crippen molar-refractivity contribution in [3.05, 3.63) is 23.8 Å². The number of benzene rings is 1. The van der Waals surface area contributed by atoms with Crippen molar-refractivity contribution in [2.45, 2.75) is 18.9 Å². The Morgan fingerprint density at radius 3 is 2.90 bits per heavy atom. The summed E-state index contributed by atoms with van der Waals surface area (Å²) < 4.78 is 5.12. The highest BCUT2D eigenvalue weighted by atomic mass is 16.5. The molecule has 1 saturated heterocycles. The number of hydrogen-bond acceptors (Lipinski definition) is 4. The molecule has 0 aliphatic carbocycles. The van der Waals surface area contributed by atoms with Crippen LogP contribution >= 0.6 is 0 Å². The Bertz CT molecular complexity index is 609. The van der Waals surface area contributed by atoms with Crippen molar-refractivity contribution in [3.8, 4) is 11.8 Å². The lowest BCUT2D eigenvalue weighted by Gasteiger charge is -2.22. The number of nitrogens with one attached hydrogen (secondary N) is 1. The third-order valence-electron chi connectivity index (χ3n) is 3.40. The zero-order chi connectivity index (χ0) is 15.4. The zero-order valence-corrected chi connectivity index (χ0v) is 11.5. The molecular weight excluding hydrogens is 274 g/mol. The maximum Gasteiger partial charge on any atom is 0.326 e. The molecule has 0 radical (unpaired) electrons. The summed E-state index contributed by atoms with van der Waals surface area (Å²) in [6.45, 7) is 0.375. The van der Waals surface area contributed by atoms with Crippen LogP contribution in [0.3, 0.4) is 0 Å². The highest BCUT2D eigenvalue weighted by Crippen LogP contribution is 2.29. The quantitative estimate of drug-likeness (QED) is 0.880. The summed E-state index contributed by atoms with van der Waals surface area (Å²) in [5, 5.41) is 20.8. The van der Waals surface area contributed by atoms with E-state index in [1.807, 2.05) is 6.07 Å². The molecule has 0 saturated carbocycles. The first-order valence-corrected chi connectivity index (χ1v) is 6.46. The third-order valence-corrected chi connectivity index (χ3v) is 3.40. The Morgan fingerprint density at radius 1 is 1.52 bits per heavy atom. The lowest BCUT2D eigenvalue weighted by atomic mass is 10.2. The third kappa shape index (κ3) is 2.89. The highest BCUT2D eigenvalue weighted by molar-refractivity contribution is 5.95. The van der Waals surface area contributed by atoms with Crippen LogP contribution in [0.2, 0.25) is 0 Å². The van der Waals surface area contributed by atoms with Crippen molar-refractivity contribution < 1.29 is 19.4 Å². The maximum atomic E-state index is 12.3. The SMILES string of the molecule is COc1cccc(C#N)c1NC(=O)N1CCC[C@H]1C(=O)O. The van der Waals surface area contributed by atoms with E-state index in [-0.39, 0.29) is 11.3 Å². The Morgan fingerprint density at radius 2 is 2.29 bits per heavy atom. The van der Waals surface area contributed by atoms with Gasteiger partial charge in [0.25, 0.3) is 0 Å². The average molecular weight is 289 g/mol. The topological polar surface area (TPSA) is 103 Å². The fraction of sp³-hybridized carbons (Fsp3) is 0.357. The number of anilines is 1. The van der Waals surface area contributed by atoms with E-state index in [0.717, 1.165) is 0 Å². The molecule has 7 heteroatoms. The molecule has 1 aromatic rings. The van der Waals surface area contributed by atoms with E-state index in [2.05, 4.69) is 5.32 Å². The van der Waals surface area contributed by atoms with Crippen LogP contribution in [0.25, 0.3) is 0 Å². The van der Waals surface area contributed by atoms with Gasteiger partial charge >= 0.3 is 12.0 Å². The Labute approximate surface area is 121 Å². The second kappa shape index (κ2) is 6.13. The van der Waals surface area contributed by atoms with Gasteiger partial charge in [-0.3, -0.25) is 0 Å². The summed E-state index contributed by atoms with van der Waals surface area (Å²) >= 11 is 0. The fourth-order valence-corrected chi connectivity index (χ4v) is 2.37. The molecular formula is C14H15N3O4. The van der Waals surface area contributed by atoms with Gasteiger partial charge < -0.3 is 20.1 Å². The number of hydrogen-bond donors (Lipinski definition) is 2. The largest absolute Gasteiger partial charge is 0.495 e. The van der Waals surface area contributed by atoms with Crippen molar-refractivity contribution >= 4 is 17.7 Å². The summed E-state index contributed by atoms with van der Waals surface area (Å²) in [5.41, 5.74) is 0.511. The van der Waals surface area contributed by atoms with Gasteiger partial charge in [0.15, 0.2) is 0 Å². The second-order valence-electron chi connectivity index (χ2n) is 4.61. The van der Waals surface area contributed by atoms with Crippen LogP contribution in [0.15, 0.2) is 18.2 Å². The predicted molar refractivity (Wildman–Crippen MR) is 74.1 cm³/mol. The number of carboxylic acids is 1. The number of methoxy groups -OCH3 is 1. The van der Waals surface area contributed by atoms with Gasteiger partial charge in [-0.25, -0.2) is 9.59 Å². The number of para-hydroxylation sites is 1. The summed E-state index contributed by atoms with van der Waals surface area (Å²) in [4.78, 5) is 24.6. The van der Waals surface area contributed by atoms with E-state index >= 15 is 0 Å². The van der Waals surface area contributed by atoms with E-state index < -0.39 is 18.0 Å². The number of nitrogens with zero attached hydrogens (tertiary/aromatic N) is 2. The number of ether oxygens (including phenoxy) is 1. The number of amides is 2. The molecule has 21 heavy (non-hydrogen) atoms. The maximum absolute atomic E-state index is 12.3. The monoisotopic (exact) mass is 289 g/mol.